The average molecular weight is 208 g/mol. The highest BCUT2D eigenvalue weighted by Gasteiger charge is 2.10. The maximum atomic E-state index is 10.6. The summed E-state index contributed by atoms with van der Waals surface area (Å²) >= 11 is 0. The number of aliphatic hydroxyl groups excluding tert-OH is 1. The van der Waals surface area contributed by atoms with Crippen LogP contribution >= 0.6 is 0 Å². The molecular weight excluding hydrogens is 192 g/mol. The van der Waals surface area contributed by atoms with Gasteiger partial charge in [-0.1, -0.05) is 30.3 Å². The van der Waals surface area contributed by atoms with Gasteiger partial charge in [-0.05, 0) is 12.0 Å². The number of hydrogen-bond acceptors (Lipinski definition) is 3. The van der Waals surface area contributed by atoms with E-state index in [1.807, 2.05) is 30.3 Å². The van der Waals surface area contributed by atoms with Crippen LogP contribution in [0.5, 0.6) is 0 Å². The Hall–Kier alpha value is -1.35. The predicted molar refractivity (Wildman–Crippen MR) is 57.5 cm³/mol. The van der Waals surface area contributed by atoms with Gasteiger partial charge in [-0.15, -0.1) is 0 Å². The van der Waals surface area contributed by atoms with E-state index in [1.165, 1.54) is 6.92 Å². The summed E-state index contributed by atoms with van der Waals surface area (Å²) in [7, 11) is 0. The number of esters is 1. The first kappa shape index (κ1) is 11.7. The lowest BCUT2D eigenvalue weighted by molar-refractivity contribution is -0.141. The van der Waals surface area contributed by atoms with E-state index in [2.05, 4.69) is 0 Å². The second-order valence-electron chi connectivity index (χ2n) is 3.42. The number of ether oxygens (including phenoxy) is 1. The monoisotopic (exact) mass is 208 g/mol. The standard InChI is InChI=1S/C12H16O3/c1-10(14)15-8-7-12(9-13)11-5-3-2-4-6-11/h2-6,12-13H,7-9H2,1H3/t12-/m1/s1. The van der Waals surface area contributed by atoms with E-state index in [0.29, 0.717) is 13.0 Å². The summed E-state index contributed by atoms with van der Waals surface area (Å²) in [6.07, 6.45) is 0.653. The zero-order valence-electron chi connectivity index (χ0n) is 8.85. The van der Waals surface area contributed by atoms with E-state index >= 15 is 0 Å². The molecule has 0 aliphatic carbocycles. The van der Waals surface area contributed by atoms with Crippen LogP contribution in [0.2, 0.25) is 0 Å². The Morgan fingerprint density at radius 1 is 1.40 bits per heavy atom. The van der Waals surface area contributed by atoms with Crippen LogP contribution in [-0.4, -0.2) is 24.3 Å². The Labute approximate surface area is 89.7 Å². The molecule has 1 atom stereocenters. The third-order valence-corrected chi connectivity index (χ3v) is 2.26. The van der Waals surface area contributed by atoms with Crippen LogP contribution in [-0.2, 0) is 9.53 Å². The molecule has 0 amide bonds. The molecule has 0 aliphatic rings. The van der Waals surface area contributed by atoms with Crippen molar-refractivity contribution in [3.8, 4) is 0 Å². The van der Waals surface area contributed by atoms with Crippen molar-refractivity contribution in [1.29, 1.82) is 0 Å². The zero-order valence-corrected chi connectivity index (χ0v) is 8.85. The van der Waals surface area contributed by atoms with Gasteiger partial charge in [0.1, 0.15) is 0 Å². The molecule has 0 bridgehead atoms. The summed E-state index contributed by atoms with van der Waals surface area (Å²) in [6, 6.07) is 9.74. The van der Waals surface area contributed by atoms with E-state index in [-0.39, 0.29) is 18.5 Å². The molecular formula is C12H16O3. The van der Waals surface area contributed by atoms with Crippen molar-refractivity contribution in [3.05, 3.63) is 35.9 Å². The quantitative estimate of drug-likeness (QED) is 0.749. The summed E-state index contributed by atoms with van der Waals surface area (Å²) in [5.41, 5.74) is 1.08. The summed E-state index contributed by atoms with van der Waals surface area (Å²) < 4.78 is 4.85. The van der Waals surface area contributed by atoms with E-state index in [9.17, 15) is 9.90 Å². The van der Waals surface area contributed by atoms with Crippen LogP contribution in [0.3, 0.4) is 0 Å². The molecule has 0 heterocycles. The minimum Gasteiger partial charge on any atom is -0.466 e. The van der Waals surface area contributed by atoms with Gasteiger partial charge in [-0.3, -0.25) is 4.79 Å². The van der Waals surface area contributed by atoms with E-state index in [4.69, 9.17) is 4.74 Å². The zero-order chi connectivity index (χ0) is 11.1. The first-order chi connectivity index (χ1) is 7.24. The molecule has 1 aromatic rings. The highest BCUT2D eigenvalue weighted by molar-refractivity contribution is 5.65. The van der Waals surface area contributed by atoms with Crippen LogP contribution in [0.15, 0.2) is 30.3 Å². The number of carbonyl (C=O) groups is 1. The van der Waals surface area contributed by atoms with Crippen molar-refractivity contribution in [3.63, 3.8) is 0 Å². The maximum absolute atomic E-state index is 10.6. The smallest absolute Gasteiger partial charge is 0.302 e. The lowest BCUT2D eigenvalue weighted by Gasteiger charge is -2.13. The largest absolute Gasteiger partial charge is 0.466 e. The fourth-order valence-electron chi connectivity index (χ4n) is 1.43. The van der Waals surface area contributed by atoms with Gasteiger partial charge in [0, 0.05) is 12.8 Å². The molecule has 1 aromatic carbocycles. The molecule has 82 valence electrons. The molecule has 3 heteroatoms. The second kappa shape index (κ2) is 6.19. The van der Waals surface area contributed by atoms with Crippen molar-refractivity contribution < 1.29 is 14.6 Å². The fourth-order valence-corrected chi connectivity index (χ4v) is 1.43. The summed E-state index contributed by atoms with van der Waals surface area (Å²) in [4.78, 5) is 10.6. The van der Waals surface area contributed by atoms with Gasteiger partial charge in [-0.25, -0.2) is 0 Å². The predicted octanol–water partition coefficient (Wildman–Crippen LogP) is 1.72. The molecule has 0 saturated carbocycles. The molecule has 0 aliphatic heterocycles. The third kappa shape index (κ3) is 4.13. The molecule has 0 spiro atoms. The van der Waals surface area contributed by atoms with Gasteiger partial charge in [-0.2, -0.15) is 0 Å². The number of aliphatic hydroxyl groups is 1. The van der Waals surface area contributed by atoms with Gasteiger partial charge in [0.05, 0.1) is 13.2 Å². The van der Waals surface area contributed by atoms with Gasteiger partial charge in [0.15, 0.2) is 0 Å². The van der Waals surface area contributed by atoms with Gasteiger partial charge in [0.25, 0.3) is 0 Å². The summed E-state index contributed by atoms with van der Waals surface area (Å²) in [5, 5.41) is 9.20. The van der Waals surface area contributed by atoms with Gasteiger partial charge < -0.3 is 9.84 Å². The third-order valence-electron chi connectivity index (χ3n) is 2.26. The molecule has 1 N–H and O–H groups in total. The Balaban J connectivity index is 2.46. The van der Waals surface area contributed by atoms with Crippen molar-refractivity contribution in [1.82, 2.24) is 0 Å². The number of rotatable bonds is 5. The Morgan fingerprint density at radius 3 is 2.60 bits per heavy atom. The molecule has 0 unspecified atom stereocenters. The summed E-state index contributed by atoms with van der Waals surface area (Å²) in [6.45, 7) is 1.82. The molecule has 0 radical (unpaired) electrons. The SMILES string of the molecule is CC(=O)OCC[C@H](CO)c1ccccc1. The Kier molecular flexibility index (Phi) is 4.84. The Morgan fingerprint density at radius 2 is 2.07 bits per heavy atom. The average Bonchev–Trinajstić information content (AvgIpc) is 2.25. The highest BCUT2D eigenvalue weighted by Crippen LogP contribution is 2.18. The van der Waals surface area contributed by atoms with Crippen LogP contribution in [0.4, 0.5) is 0 Å². The Bertz CT molecular complexity index is 295. The van der Waals surface area contributed by atoms with Crippen molar-refractivity contribution in [2.45, 2.75) is 19.3 Å². The summed E-state index contributed by atoms with van der Waals surface area (Å²) in [5.74, 6) is -0.231. The number of carbonyl (C=O) groups excluding carboxylic acids is 1. The molecule has 0 fully saturated rings. The topological polar surface area (TPSA) is 46.5 Å². The molecule has 0 aromatic heterocycles. The normalized spacial score (nSPS) is 12.1. The minimum atomic E-state index is -0.278. The van der Waals surface area contributed by atoms with Gasteiger partial charge >= 0.3 is 5.97 Å². The number of hydrogen-bond donors (Lipinski definition) is 1. The van der Waals surface area contributed by atoms with Crippen molar-refractivity contribution in [2.75, 3.05) is 13.2 Å². The van der Waals surface area contributed by atoms with Crippen molar-refractivity contribution in [2.24, 2.45) is 0 Å². The van der Waals surface area contributed by atoms with E-state index < -0.39 is 0 Å². The molecule has 3 nitrogen and oxygen atoms in total. The van der Waals surface area contributed by atoms with Crippen LogP contribution in [0, 0.1) is 0 Å². The first-order valence-electron chi connectivity index (χ1n) is 5.03. The molecule has 15 heavy (non-hydrogen) atoms. The van der Waals surface area contributed by atoms with Crippen LogP contribution in [0.25, 0.3) is 0 Å². The van der Waals surface area contributed by atoms with Crippen LogP contribution < -0.4 is 0 Å². The van der Waals surface area contributed by atoms with Crippen LogP contribution in [0.1, 0.15) is 24.8 Å². The first-order valence-corrected chi connectivity index (χ1v) is 5.03. The van der Waals surface area contributed by atoms with E-state index in [0.717, 1.165) is 5.56 Å². The maximum Gasteiger partial charge on any atom is 0.302 e. The lowest BCUT2D eigenvalue weighted by Crippen LogP contribution is -2.09. The van der Waals surface area contributed by atoms with Crippen molar-refractivity contribution >= 4 is 5.97 Å². The second-order valence-corrected chi connectivity index (χ2v) is 3.42. The minimum absolute atomic E-state index is 0.0468. The van der Waals surface area contributed by atoms with E-state index in [1.54, 1.807) is 0 Å². The highest BCUT2D eigenvalue weighted by atomic mass is 16.5. The van der Waals surface area contributed by atoms with Gasteiger partial charge in [0.2, 0.25) is 0 Å². The molecule has 1 rings (SSSR count). The number of benzene rings is 1. The fraction of sp³-hybridized carbons (Fsp3) is 0.417. The lowest BCUT2D eigenvalue weighted by atomic mass is 9.97. The molecule has 0 saturated heterocycles.